The van der Waals surface area contributed by atoms with Gasteiger partial charge < -0.3 is 5.32 Å². The van der Waals surface area contributed by atoms with Crippen LogP contribution in [0, 0.1) is 0 Å². The van der Waals surface area contributed by atoms with Crippen molar-refractivity contribution in [2.24, 2.45) is 4.40 Å². The first kappa shape index (κ1) is 10.7. The fourth-order valence-electron chi connectivity index (χ4n) is 0.980. The molecule has 1 aliphatic heterocycles. The maximum absolute atomic E-state index is 11.4. The molecule has 1 N–H and O–H groups in total. The quantitative estimate of drug-likeness (QED) is 0.829. The number of halogens is 1. The molecule has 0 aromatic heterocycles. The molecule has 0 aliphatic carbocycles. The van der Waals surface area contributed by atoms with E-state index in [4.69, 9.17) is 0 Å². The summed E-state index contributed by atoms with van der Waals surface area (Å²) >= 11 is 3.31. The Labute approximate surface area is 88.7 Å². The third kappa shape index (κ3) is 2.77. The largest absolute Gasteiger partial charge is 0.348 e. The molecular formula is C8H11BrN2OS. The molecule has 0 spiro atoms. The summed E-state index contributed by atoms with van der Waals surface area (Å²) in [6, 6.07) is 0. The van der Waals surface area contributed by atoms with Crippen LogP contribution >= 0.6 is 15.9 Å². The molecule has 0 amide bonds. The topological polar surface area (TPSA) is 41.5 Å². The van der Waals surface area contributed by atoms with Gasteiger partial charge in [0.1, 0.15) is 6.34 Å². The Kier molecular flexibility index (Phi) is 3.87. The van der Waals surface area contributed by atoms with Gasteiger partial charge in [-0.2, -0.15) is 4.40 Å². The van der Waals surface area contributed by atoms with Crippen LogP contribution in [-0.2, 0) is 11.0 Å². The van der Waals surface area contributed by atoms with Gasteiger partial charge in [0.25, 0.3) is 0 Å². The van der Waals surface area contributed by atoms with Gasteiger partial charge in [-0.3, -0.25) is 0 Å². The monoisotopic (exact) mass is 262 g/mol. The van der Waals surface area contributed by atoms with Crippen LogP contribution in [0.15, 0.2) is 25.6 Å². The molecule has 13 heavy (non-hydrogen) atoms. The summed E-state index contributed by atoms with van der Waals surface area (Å²) in [5.41, 5.74) is 0.965. The van der Waals surface area contributed by atoms with E-state index in [1.54, 1.807) is 0 Å². The predicted octanol–water partition coefficient (Wildman–Crippen LogP) is 2.20. The highest BCUT2D eigenvalue weighted by molar-refractivity contribution is 9.11. The van der Waals surface area contributed by atoms with Crippen LogP contribution in [0.3, 0.4) is 0 Å². The molecular weight excluding hydrogens is 252 g/mol. The minimum atomic E-state index is -1.25. The Hall–Kier alpha value is -0.420. The molecule has 72 valence electrons. The standard InChI is InChI=1S/C8H11BrN2OS/c1-3-7-8(4-6(2)9)13(12)11-5-10-7/h4-5H,3H2,1-2H3,(H,10,11)/b6-4+. The molecule has 0 aromatic carbocycles. The van der Waals surface area contributed by atoms with Crippen molar-refractivity contribution >= 4 is 33.3 Å². The van der Waals surface area contributed by atoms with Crippen LogP contribution < -0.4 is 5.32 Å². The second kappa shape index (κ2) is 4.72. The predicted molar refractivity (Wildman–Crippen MR) is 59.8 cm³/mol. The third-order valence-electron chi connectivity index (χ3n) is 1.56. The van der Waals surface area contributed by atoms with Gasteiger partial charge in [-0.1, -0.05) is 22.9 Å². The lowest BCUT2D eigenvalue weighted by Crippen LogP contribution is -2.18. The normalized spacial score (nSPS) is 23.3. The molecule has 0 fully saturated rings. The van der Waals surface area contributed by atoms with Crippen LogP contribution in [0.4, 0.5) is 0 Å². The second-order valence-corrected chi connectivity index (χ2v) is 4.96. The molecule has 1 atom stereocenters. The van der Waals surface area contributed by atoms with Gasteiger partial charge in [-0.15, -0.1) is 0 Å². The number of hydrogen-bond donors (Lipinski definition) is 1. The van der Waals surface area contributed by atoms with Crippen molar-refractivity contribution in [3.63, 3.8) is 0 Å². The molecule has 1 heterocycles. The van der Waals surface area contributed by atoms with Crippen molar-refractivity contribution in [1.82, 2.24) is 5.32 Å². The number of hydrogen-bond acceptors (Lipinski definition) is 2. The van der Waals surface area contributed by atoms with Gasteiger partial charge in [0, 0.05) is 5.70 Å². The number of nitrogens with one attached hydrogen (secondary N) is 1. The van der Waals surface area contributed by atoms with E-state index in [9.17, 15) is 4.21 Å². The Morgan fingerprint density at radius 1 is 1.85 bits per heavy atom. The lowest BCUT2D eigenvalue weighted by Gasteiger charge is -2.12. The summed E-state index contributed by atoms with van der Waals surface area (Å²) in [6.07, 6.45) is 4.14. The summed E-state index contributed by atoms with van der Waals surface area (Å²) in [6.45, 7) is 3.91. The highest BCUT2D eigenvalue weighted by Gasteiger charge is 2.12. The van der Waals surface area contributed by atoms with Crippen LogP contribution in [-0.4, -0.2) is 10.5 Å². The van der Waals surface area contributed by atoms with Crippen LogP contribution in [0.2, 0.25) is 0 Å². The molecule has 0 saturated carbocycles. The first-order valence-electron chi connectivity index (χ1n) is 3.93. The minimum Gasteiger partial charge on any atom is -0.348 e. The summed E-state index contributed by atoms with van der Waals surface area (Å²) in [5.74, 6) is 0. The van der Waals surface area contributed by atoms with Gasteiger partial charge in [-0.25, -0.2) is 4.21 Å². The zero-order valence-electron chi connectivity index (χ0n) is 7.50. The first-order chi connectivity index (χ1) is 6.15. The molecule has 5 heteroatoms. The number of rotatable bonds is 2. The van der Waals surface area contributed by atoms with Gasteiger partial charge >= 0.3 is 0 Å². The highest BCUT2D eigenvalue weighted by atomic mass is 79.9. The van der Waals surface area contributed by atoms with Crippen LogP contribution in [0.25, 0.3) is 0 Å². The molecule has 1 unspecified atom stereocenters. The van der Waals surface area contributed by atoms with Gasteiger partial charge in [0.2, 0.25) is 0 Å². The molecule has 0 bridgehead atoms. The summed E-state index contributed by atoms with van der Waals surface area (Å²) in [5, 5.41) is 2.98. The van der Waals surface area contributed by atoms with Crippen LogP contribution in [0.5, 0.6) is 0 Å². The molecule has 3 nitrogen and oxygen atoms in total. The third-order valence-corrected chi connectivity index (χ3v) is 2.82. The summed E-state index contributed by atoms with van der Waals surface area (Å²) in [4.78, 5) is 0.749. The van der Waals surface area contributed by atoms with Crippen molar-refractivity contribution in [1.29, 1.82) is 0 Å². The first-order valence-corrected chi connectivity index (χ1v) is 5.83. The molecule has 0 aromatic rings. The Balaban J connectivity index is 3.04. The van der Waals surface area contributed by atoms with E-state index < -0.39 is 11.0 Å². The zero-order chi connectivity index (χ0) is 9.84. The van der Waals surface area contributed by atoms with Crippen molar-refractivity contribution in [3.8, 4) is 0 Å². The molecule has 1 aliphatic rings. The lowest BCUT2D eigenvalue weighted by molar-refractivity contribution is 0.687. The van der Waals surface area contributed by atoms with Crippen molar-refractivity contribution in [3.05, 3.63) is 21.2 Å². The van der Waals surface area contributed by atoms with E-state index in [0.717, 1.165) is 21.5 Å². The summed E-state index contributed by atoms with van der Waals surface area (Å²) in [7, 11) is -1.25. The fourth-order valence-corrected chi connectivity index (χ4v) is 2.31. The van der Waals surface area contributed by atoms with E-state index in [-0.39, 0.29) is 0 Å². The highest BCUT2D eigenvalue weighted by Crippen LogP contribution is 2.19. The van der Waals surface area contributed by atoms with Gasteiger partial charge in [0.05, 0.1) is 4.91 Å². The van der Waals surface area contributed by atoms with E-state index in [2.05, 4.69) is 25.6 Å². The van der Waals surface area contributed by atoms with Crippen molar-refractivity contribution in [2.45, 2.75) is 20.3 Å². The Bertz CT molecular complexity index is 316. The number of allylic oxidation sites excluding steroid dienone is 3. The van der Waals surface area contributed by atoms with Gasteiger partial charge in [0.15, 0.2) is 11.0 Å². The van der Waals surface area contributed by atoms with Crippen molar-refractivity contribution < 1.29 is 4.21 Å². The fraction of sp³-hybridized carbons (Fsp3) is 0.375. The Morgan fingerprint density at radius 3 is 3.08 bits per heavy atom. The van der Waals surface area contributed by atoms with Crippen LogP contribution in [0.1, 0.15) is 20.3 Å². The molecule has 0 saturated heterocycles. The maximum Gasteiger partial charge on any atom is 0.175 e. The van der Waals surface area contributed by atoms with E-state index in [0.29, 0.717) is 0 Å². The average molecular weight is 263 g/mol. The lowest BCUT2D eigenvalue weighted by atomic mass is 10.3. The van der Waals surface area contributed by atoms with E-state index >= 15 is 0 Å². The smallest absolute Gasteiger partial charge is 0.175 e. The SMILES string of the molecule is CCC1=C(/C=C(\C)Br)S(=O)N=CN1. The Morgan fingerprint density at radius 2 is 2.54 bits per heavy atom. The number of nitrogens with zero attached hydrogens (tertiary/aromatic N) is 1. The second-order valence-electron chi connectivity index (χ2n) is 2.56. The summed E-state index contributed by atoms with van der Waals surface area (Å²) < 4.78 is 16.2. The van der Waals surface area contributed by atoms with Crippen molar-refractivity contribution in [2.75, 3.05) is 0 Å². The van der Waals surface area contributed by atoms with Gasteiger partial charge in [-0.05, 0) is 23.9 Å². The van der Waals surface area contributed by atoms with E-state index in [1.165, 1.54) is 6.34 Å². The zero-order valence-corrected chi connectivity index (χ0v) is 9.91. The van der Waals surface area contributed by atoms with E-state index in [1.807, 2.05) is 19.9 Å². The average Bonchev–Trinajstić information content (AvgIpc) is 2.08. The molecule has 0 radical (unpaired) electrons. The maximum atomic E-state index is 11.4. The molecule has 1 rings (SSSR count). The minimum absolute atomic E-state index is 0.749.